The average Bonchev–Trinajstić information content (AvgIpc) is 2.41. The van der Waals surface area contributed by atoms with Gasteiger partial charge in [0.1, 0.15) is 5.82 Å². The Hall–Kier alpha value is -0.870. The molecule has 56 valence electrons. The Morgan fingerprint density at radius 1 is 1.70 bits per heavy atom. The summed E-state index contributed by atoms with van der Waals surface area (Å²) in [6.45, 7) is 2.27. The summed E-state index contributed by atoms with van der Waals surface area (Å²) in [7, 11) is 0. The smallest absolute Gasteiger partial charge is 0.120 e. The van der Waals surface area contributed by atoms with Crippen LogP contribution >= 0.6 is 0 Å². The molecule has 0 unspecified atom stereocenters. The van der Waals surface area contributed by atoms with Gasteiger partial charge < -0.3 is 16.0 Å². The fourth-order valence-corrected chi connectivity index (χ4v) is 0.703. The van der Waals surface area contributed by atoms with Crippen LogP contribution in [0.1, 0.15) is 5.82 Å². The predicted octanol–water partition coefficient (Wildman–Crippen LogP) is -0.542. The molecule has 4 N–H and O–H groups in total. The lowest BCUT2D eigenvalue weighted by atomic mass is 10.5. The molecule has 4 heteroatoms. The first kappa shape index (κ1) is 7.24. The molecule has 10 heavy (non-hydrogen) atoms. The second-order valence-corrected chi connectivity index (χ2v) is 2.00. The van der Waals surface area contributed by atoms with Crippen molar-refractivity contribution >= 4 is 0 Å². The molecule has 0 amide bonds. The van der Waals surface area contributed by atoms with Gasteiger partial charge in [-0.2, -0.15) is 0 Å². The van der Waals surface area contributed by atoms with Gasteiger partial charge in [0.2, 0.25) is 0 Å². The molecule has 4 nitrogen and oxygen atoms in total. The van der Waals surface area contributed by atoms with Gasteiger partial charge in [-0.15, -0.1) is 0 Å². The quantitative estimate of drug-likeness (QED) is 0.492. The van der Waals surface area contributed by atoms with Crippen LogP contribution in [-0.2, 0) is 6.54 Å². The second kappa shape index (κ2) is 4.03. The van der Waals surface area contributed by atoms with Gasteiger partial charge in [0.15, 0.2) is 0 Å². The summed E-state index contributed by atoms with van der Waals surface area (Å²) in [6, 6.07) is 0. The first-order valence-corrected chi connectivity index (χ1v) is 3.32. The van der Waals surface area contributed by atoms with E-state index in [2.05, 4.69) is 15.3 Å². The Balaban J connectivity index is 2.15. The van der Waals surface area contributed by atoms with Crippen molar-refractivity contribution in [3.05, 3.63) is 18.2 Å². The Bertz CT molecular complexity index is 158. The molecule has 0 aliphatic heterocycles. The third-order valence-corrected chi connectivity index (χ3v) is 1.17. The normalized spacial score (nSPS) is 10.1. The van der Waals surface area contributed by atoms with Gasteiger partial charge in [0, 0.05) is 25.5 Å². The Labute approximate surface area is 59.8 Å². The summed E-state index contributed by atoms with van der Waals surface area (Å²) in [4.78, 5) is 7.01. The van der Waals surface area contributed by atoms with Crippen LogP contribution in [-0.4, -0.2) is 23.1 Å². The summed E-state index contributed by atoms with van der Waals surface area (Å²) in [5.74, 6) is 0.952. The monoisotopic (exact) mass is 140 g/mol. The molecule has 1 rings (SSSR count). The number of rotatable bonds is 4. The fraction of sp³-hybridized carbons (Fsp3) is 0.500. The van der Waals surface area contributed by atoms with E-state index in [4.69, 9.17) is 5.73 Å². The molecule has 0 bridgehead atoms. The van der Waals surface area contributed by atoms with Crippen LogP contribution in [0.25, 0.3) is 0 Å². The van der Waals surface area contributed by atoms with Gasteiger partial charge in [-0.05, 0) is 0 Å². The molecule has 0 spiro atoms. The number of aromatic amines is 1. The molecule has 0 fully saturated rings. The van der Waals surface area contributed by atoms with Gasteiger partial charge in [-0.1, -0.05) is 0 Å². The molecule has 0 aliphatic carbocycles. The molecule has 0 aromatic carbocycles. The zero-order chi connectivity index (χ0) is 7.23. The predicted molar refractivity (Wildman–Crippen MR) is 39.3 cm³/mol. The number of nitrogens with two attached hydrogens (primary N) is 1. The number of H-pyrrole nitrogens is 1. The molecule has 0 atom stereocenters. The van der Waals surface area contributed by atoms with Crippen LogP contribution in [0.3, 0.4) is 0 Å². The van der Waals surface area contributed by atoms with Crippen molar-refractivity contribution in [3.63, 3.8) is 0 Å². The van der Waals surface area contributed by atoms with E-state index in [1.165, 1.54) is 0 Å². The highest BCUT2D eigenvalue weighted by Crippen LogP contribution is 1.84. The van der Waals surface area contributed by atoms with Crippen molar-refractivity contribution in [1.29, 1.82) is 0 Å². The molecule has 0 aliphatic rings. The van der Waals surface area contributed by atoms with E-state index in [-0.39, 0.29) is 0 Å². The molecule has 1 heterocycles. The van der Waals surface area contributed by atoms with E-state index >= 15 is 0 Å². The van der Waals surface area contributed by atoms with E-state index in [0.717, 1.165) is 18.9 Å². The molecule has 1 aromatic heterocycles. The first-order valence-electron chi connectivity index (χ1n) is 3.32. The van der Waals surface area contributed by atoms with Gasteiger partial charge >= 0.3 is 0 Å². The topological polar surface area (TPSA) is 66.7 Å². The van der Waals surface area contributed by atoms with Crippen LogP contribution in [0.15, 0.2) is 12.4 Å². The van der Waals surface area contributed by atoms with E-state index in [1.807, 2.05) is 0 Å². The SMILES string of the molecule is NCCNCc1ncc[nH]1. The highest BCUT2D eigenvalue weighted by atomic mass is 15.0. The molecule has 0 radical (unpaired) electrons. The number of nitrogens with one attached hydrogen (secondary N) is 2. The van der Waals surface area contributed by atoms with Gasteiger partial charge in [0.25, 0.3) is 0 Å². The van der Waals surface area contributed by atoms with Crippen LogP contribution < -0.4 is 11.1 Å². The summed E-state index contributed by atoms with van der Waals surface area (Å²) in [6.07, 6.45) is 3.54. The minimum absolute atomic E-state index is 0.667. The Kier molecular flexibility index (Phi) is 2.92. The number of nitrogens with zero attached hydrogens (tertiary/aromatic N) is 1. The summed E-state index contributed by atoms with van der Waals surface area (Å²) >= 11 is 0. The zero-order valence-electron chi connectivity index (χ0n) is 5.80. The molecule has 1 aromatic rings. The maximum atomic E-state index is 5.27. The minimum Gasteiger partial charge on any atom is -0.348 e. The third-order valence-electron chi connectivity index (χ3n) is 1.17. The minimum atomic E-state index is 0.667. The molecule has 0 saturated carbocycles. The van der Waals surface area contributed by atoms with Crippen molar-refractivity contribution in [2.24, 2.45) is 5.73 Å². The highest BCUT2D eigenvalue weighted by Gasteiger charge is 1.90. The largest absolute Gasteiger partial charge is 0.348 e. The summed E-state index contributed by atoms with van der Waals surface area (Å²) in [5, 5.41) is 3.12. The maximum Gasteiger partial charge on any atom is 0.120 e. The number of imidazole rings is 1. The van der Waals surface area contributed by atoms with Gasteiger partial charge in [-0.25, -0.2) is 4.98 Å². The summed E-state index contributed by atoms with van der Waals surface area (Å²) < 4.78 is 0. The van der Waals surface area contributed by atoms with E-state index < -0.39 is 0 Å². The number of hydrogen-bond donors (Lipinski definition) is 3. The van der Waals surface area contributed by atoms with Crippen LogP contribution in [0.4, 0.5) is 0 Å². The molecular weight excluding hydrogens is 128 g/mol. The zero-order valence-corrected chi connectivity index (χ0v) is 5.80. The molecular formula is C6H12N4. The van der Waals surface area contributed by atoms with Crippen LogP contribution in [0.2, 0.25) is 0 Å². The molecule has 0 saturated heterocycles. The third kappa shape index (κ3) is 2.16. The second-order valence-electron chi connectivity index (χ2n) is 2.00. The first-order chi connectivity index (χ1) is 4.93. The van der Waals surface area contributed by atoms with E-state index in [0.29, 0.717) is 6.54 Å². The highest BCUT2D eigenvalue weighted by molar-refractivity contribution is 4.85. The standard InChI is InChI=1S/C6H12N4/c7-1-2-8-5-6-9-3-4-10-6/h3-4,8H,1-2,5,7H2,(H,9,10). The fourth-order valence-electron chi connectivity index (χ4n) is 0.703. The van der Waals surface area contributed by atoms with E-state index in [1.54, 1.807) is 12.4 Å². The lowest BCUT2D eigenvalue weighted by molar-refractivity contribution is 0.672. The van der Waals surface area contributed by atoms with Gasteiger partial charge in [0.05, 0.1) is 6.54 Å². The summed E-state index contributed by atoms with van der Waals surface area (Å²) in [5.41, 5.74) is 5.27. The van der Waals surface area contributed by atoms with Crippen molar-refractivity contribution < 1.29 is 0 Å². The lowest BCUT2D eigenvalue weighted by Gasteiger charge is -1.97. The Morgan fingerprint density at radius 2 is 2.60 bits per heavy atom. The number of hydrogen-bond acceptors (Lipinski definition) is 3. The maximum absolute atomic E-state index is 5.27. The Morgan fingerprint density at radius 3 is 3.20 bits per heavy atom. The van der Waals surface area contributed by atoms with Crippen molar-refractivity contribution in [2.45, 2.75) is 6.54 Å². The van der Waals surface area contributed by atoms with Crippen LogP contribution in [0.5, 0.6) is 0 Å². The van der Waals surface area contributed by atoms with Gasteiger partial charge in [-0.3, -0.25) is 0 Å². The van der Waals surface area contributed by atoms with Crippen molar-refractivity contribution in [3.8, 4) is 0 Å². The van der Waals surface area contributed by atoms with E-state index in [9.17, 15) is 0 Å². The lowest BCUT2D eigenvalue weighted by Crippen LogP contribution is -2.22. The average molecular weight is 140 g/mol. The van der Waals surface area contributed by atoms with Crippen molar-refractivity contribution in [2.75, 3.05) is 13.1 Å². The van der Waals surface area contributed by atoms with Crippen molar-refractivity contribution in [1.82, 2.24) is 15.3 Å². The van der Waals surface area contributed by atoms with Crippen LogP contribution in [0, 0.1) is 0 Å². The number of aromatic nitrogens is 2.